The molecule has 0 aromatic rings. The molecule has 3 nitrogen and oxygen atoms in total. The lowest BCUT2D eigenvalue weighted by atomic mass is 9.87. The number of rotatable bonds is 0. The van der Waals surface area contributed by atoms with E-state index in [-0.39, 0.29) is 5.91 Å². The molecule has 1 heterocycles. The summed E-state index contributed by atoms with van der Waals surface area (Å²) >= 11 is 0. The molecule has 74 valence electrons. The van der Waals surface area contributed by atoms with Crippen LogP contribution in [0.25, 0.3) is 0 Å². The van der Waals surface area contributed by atoms with Gasteiger partial charge in [0.05, 0.1) is 0 Å². The van der Waals surface area contributed by atoms with Crippen molar-refractivity contribution >= 4 is 5.91 Å². The summed E-state index contributed by atoms with van der Waals surface area (Å²) in [7, 11) is 0. The van der Waals surface area contributed by atoms with Crippen LogP contribution in [-0.4, -0.2) is 36.0 Å². The molecule has 2 rings (SSSR count). The molecule has 0 aromatic heterocycles. The van der Waals surface area contributed by atoms with E-state index in [2.05, 4.69) is 10.2 Å². The molecule has 0 spiro atoms. The SMILES string of the molecule is CC(=O)N1CCNC2CCCCC21. The Balaban J connectivity index is 2.06. The molecule has 1 aliphatic carbocycles. The van der Waals surface area contributed by atoms with Crippen LogP contribution in [0.4, 0.5) is 0 Å². The second-order valence-electron chi connectivity index (χ2n) is 4.12. The zero-order chi connectivity index (χ0) is 9.26. The molecular formula is C10H18N2O. The van der Waals surface area contributed by atoms with Crippen LogP contribution in [0.5, 0.6) is 0 Å². The highest BCUT2D eigenvalue weighted by Gasteiger charge is 2.33. The topological polar surface area (TPSA) is 32.3 Å². The van der Waals surface area contributed by atoms with Gasteiger partial charge in [0, 0.05) is 32.1 Å². The van der Waals surface area contributed by atoms with Gasteiger partial charge in [-0.05, 0) is 12.8 Å². The molecule has 13 heavy (non-hydrogen) atoms. The number of hydrogen-bond acceptors (Lipinski definition) is 2. The lowest BCUT2D eigenvalue weighted by Crippen LogP contribution is -2.60. The van der Waals surface area contributed by atoms with Gasteiger partial charge in [0.2, 0.25) is 5.91 Å². The van der Waals surface area contributed by atoms with Crippen molar-refractivity contribution in [3.63, 3.8) is 0 Å². The normalized spacial score (nSPS) is 34.1. The Hall–Kier alpha value is -0.570. The van der Waals surface area contributed by atoms with Crippen LogP contribution >= 0.6 is 0 Å². The summed E-state index contributed by atoms with van der Waals surface area (Å²) in [5.74, 6) is 0.249. The van der Waals surface area contributed by atoms with Crippen LogP contribution < -0.4 is 5.32 Å². The molecule has 1 aliphatic heterocycles. The molecule has 1 amide bonds. The van der Waals surface area contributed by atoms with E-state index in [1.807, 2.05) is 0 Å². The number of nitrogens with zero attached hydrogens (tertiary/aromatic N) is 1. The average Bonchev–Trinajstić information content (AvgIpc) is 2.17. The van der Waals surface area contributed by atoms with Gasteiger partial charge >= 0.3 is 0 Å². The number of amides is 1. The highest BCUT2D eigenvalue weighted by molar-refractivity contribution is 5.73. The first-order valence-electron chi connectivity index (χ1n) is 5.29. The summed E-state index contributed by atoms with van der Waals surface area (Å²) in [5.41, 5.74) is 0. The van der Waals surface area contributed by atoms with Gasteiger partial charge in [-0.2, -0.15) is 0 Å². The van der Waals surface area contributed by atoms with Crippen LogP contribution in [0.15, 0.2) is 0 Å². The van der Waals surface area contributed by atoms with E-state index in [0.717, 1.165) is 13.1 Å². The lowest BCUT2D eigenvalue weighted by Gasteiger charge is -2.44. The maximum Gasteiger partial charge on any atom is 0.219 e. The molecule has 0 aromatic carbocycles. The summed E-state index contributed by atoms with van der Waals surface area (Å²) < 4.78 is 0. The molecule has 2 aliphatic rings. The van der Waals surface area contributed by atoms with Crippen LogP contribution in [0.3, 0.4) is 0 Å². The minimum absolute atomic E-state index is 0.249. The molecule has 1 saturated carbocycles. The zero-order valence-electron chi connectivity index (χ0n) is 8.25. The molecule has 0 bridgehead atoms. The van der Waals surface area contributed by atoms with E-state index in [1.54, 1.807) is 6.92 Å². The Kier molecular flexibility index (Phi) is 2.54. The number of nitrogens with one attached hydrogen (secondary N) is 1. The van der Waals surface area contributed by atoms with Crippen molar-refractivity contribution in [1.82, 2.24) is 10.2 Å². The van der Waals surface area contributed by atoms with Crippen molar-refractivity contribution in [2.45, 2.75) is 44.7 Å². The molecule has 2 atom stereocenters. The second-order valence-corrected chi connectivity index (χ2v) is 4.12. The molecular weight excluding hydrogens is 164 g/mol. The highest BCUT2D eigenvalue weighted by Crippen LogP contribution is 2.25. The predicted molar refractivity (Wildman–Crippen MR) is 51.4 cm³/mol. The quantitative estimate of drug-likeness (QED) is 0.599. The van der Waals surface area contributed by atoms with Crippen molar-refractivity contribution in [1.29, 1.82) is 0 Å². The molecule has 0 radical (unpaired) electrons. The first-order valence-corrected chi connectivity index (χ1v) is 5.29. The van der Waals surface area contributed by atoms with Crippen LogP contribution in [-0.2, 0) is 4.79 Å². The smallest absolute Gasteiger partial charge is 0.219 e. The van der Waals surface area contributed by atoms with Crippen molar-refractivity contribution in [2.75, 3.05) is 13.1 Å². The third-order valence-electron chi connectivity index (χ3n) is 3.29. The summed E-state index contributed by atoms with van der Waals surface area (Å²) in [4.78, 5) is 13.4. The van der Waals surface area contributed by atoms with Crippen LogP contribution in [0, 0.1) is 0 Å². The Labute approximate surface area is 79.5 Å². The van der Waals surface area contributed by atoms with E-state index in [1.165, 1.54) is 25.7 Å². The van der Waals surface area contributed by atoms with Gasteiger partial charge in [0.25, 0.3) is 0 Å². The third kappa shape index (κ3) is 1.70. The summed E-state index contributed by atoms with van der Waals surface area (Å²) in [6.07, 6.45) is 5.04. The van der Waals surface area contributed by atoms with Crippen molar-refractivity contribution in [3.8, 4) is 0 Å². The molecule has 2 fully saturated rings. The van der Waals surface area contributed by atoms with Gasteiger partial charge < -0.3 is 10.2 Å². The Bertz CT molecular complexity index is 203. The zero-order valence-corrected chi connectivity index (χ0v) is 8.25. The average molecular weight is 182 g/mol. The van der Waals surface area contributed by atoms with E-state index in [0.29, 0.717) is 12.1 Å². The van der Waals surface area contributed by atoms with Gasteiger partial charge in [-0.15, -0.1) is 0 Å². The van der Waals surface area contributed by atoms with E-state index >= 15 is 0 Å². The maximum absolute atomic E-state index is 11.4. The third-order valence-corrected chi connectivity index (χ3v) is 3.29. The van der Waals surface area contributed by atoms with Crippen molar-refractivity contribution in [3.05, 3.63) is 0 Å². The Morgan fingerprint density at radius 3 is 2.92 bits per heavy atom. The van der Waals surface area contributed by atoms with Crippen molar-refractivity contribution < 1.29 is 4.79 Å². The van der Waals surface area contributed by atoms with Gasteiger partial charge in [0.1, 0.15) is 0 Å². The highest BCUT2D eigenvalue weighted by atomic mass is 16.2. The molecule has 1 saturated heterocycles. The fraction of sp³-hybridized carbons (Fsp3) is 0.900. The first kappa shape index (κ1) is 9.00. The number of fused-ring (bicyclic) bond motifs is 1. The predicted octanol–water partition coefficient (Wildman–Crippen LogP) is 0.749. The Morgan fingerprint density at radius 1 is 1.38 bits per heavy atom. The molecule has 2 unspecified atom stereocenters. The van der Waals surface area contributed by atoms with Gasteiger partial charge in [-0.25, -0.2) is 0 Å². The van der Waals surface area contributed by atoms with Gasteiger partial charge in [0.15, 0.2) is 0 Å². The fourth-order valence-corrected chi connectivity index (χ4v) is 2.65. The fourth-order valence-electron chi connectivity index (χ4n) is 2.65. The molecule has 3 heteroatoms. The number of carbonyl (C=O) groups is 1. The first-order chi connectivity index (χ1) is 6.29. The Morgan fingerprint density at radius 2 is 2.15 bits per heavy atom. The second kappa shape index (κ2) is 3.66. The van der Waals surface area contributed by atoms with E-state index < -0.39 is 0 Å². The van der Waals surface area contributed by atoms with Gasteiger partial charge in [-0.1, -0.05) is 12.8 Å². The van der Waals surface area contributed by atoms with E-state index in [9.17, 15) is 4.79 Å². The van der Waals surface area contributed by atoms with Crippen LogP contribution in [0.2, 0.25) is 0 Å². The largest absolute Gasteiger partial charge is 0.337 e. The minimum atomic E-state index is 0.249. The summed E-state index contributed by atoms with van der Waals surface area (Å²) in [6, 6.07) is 1.06. The lowest BCUT2D eigenvalue weighted by molar-refractivity contribution is -0.133. The maximum atomic E-state index is 11.4. The molecule has 1 N–H and O–H groups in total. The van der Waals surface area contributed by atoms with Crippen LogP contribution in [0.1, 0.15) is 32.6 Å². The number of hydrogen-bond donors (Lipinski definition) is 1. The van der Waals surface area contributed by atoms with Gasteiger partial charge in [-0.3, -0.25) is 4.79 Å². The number of piperazine rings is 1. The van der Waals surface area contributed by atoms with Crippen molar-refractivity contribution in [2.24, 2.45) is 0 Å². The monoisotopic (exact) mass is 182 g/mol. The number of carbonyl (C=O) groups excluding carboxylic acids is 1. The van der Waals surface area contributed by atoms with E-state index in [4.69, 9.17) is 0 Å². The summed E-state index contributed by atoms with van der Waals surface area (Å²) in [6.45, 7) is 3.56. The standard InChI is InChI=1S/C10H18N2O/c1-8(13)12-7-6-11-9-4-2-3-5-10(9)12/h9-11H,2-7H2,1H3. The minimum Gasteiger partial charge on any atom is -0.337 e. The summed E-state index contributed by atoms with van der Waals surface area (Å²) in [5, 5.41) is 3.51.